The zero-order valence-electron chi connectivity index (χ0n) is 11.3. The van der Waals surface area contributed by atoms with Crippen LogP contribution in [0.25, 0.3) is 10.2 Å². The Kier molecular flexibility index (Phi) is 5.14. The molecule has 0 saturated carbocycles. The van der Waals surface area contributed by atoms with Crippen molar-refractivity contribution in [2.24, 2.45) is 5.92 Å². The Bertz CT molecular complexity index is 445. The van der Waals surface area contributed by atoms with Gasteiger partial charge < -0.3 is 5.32 Å². The lowest BCUT2D eigenvalue weighted by Crippen LogP contribution is -2.22. The number of hydrogen-bond acceptors (Lipinski definition) is 3. The highest BCUT2D eigenvalue weighted by atomic mass is 32.1. The summed E-state index contributed by atoms with van der Waals surface area (Å²) in [5.41, 5.74) is 1.15. The minimum atomic E-state index is 0.726. The maximum absolute atomic E-state index is 4.68. The number of thiazole rings is 1. The Labute approximate surface area is 113 Å². The molecule has 1 N–H and O–H groups in total. The highest BCUT2D eigenvalue weighted by molar-refractivity contribution is 7.18. The monoisotopic (exact) mass is 262 g/mol. The van der Waals surface area contributed by atoms with Crippen LogP contribution in [0, 0.1) is 5.92 Å². The smallest absolute Gasteiger partial charge is 0.0938 e. The molecule has 2 aromatic rings. The molecule has 0 spiro atoms. The predicted molar refractivity (Wildman–Crippen MR) is 80.3 cm³/mol. The summed E-state index contributed by atoms with van der Waals surface area (Å²) in [4.78, 5) is 4.68. The minimum absolute atomic E-state index is 0.726. The number of fused-ring (bicyclic) bond motifs is 1. The van der Waals surface area contributed by atoms with Crippen LogP contribution >= 0.6 is 11.3 Å². The molecule has 1 atom stereocenters. The third-order valence-electron chi connectivity index (χ3n) is 3.11. The van der Waals surface area contributed by atoms with Gasteiger partial charge in [0.1, 0.15) is 0 Å². The SMILES string of the molecule is CCCNCC(C)CCc1nc2ccccc2s1. The van der Waals surface area contributed by atoms with Gasteiger partial charge in [0, 0.05) is 0 Å². The summed E-state index contributed by atoms with van der Waals surface area (Å²) in [7, 11) is 0. The normalized spacial score (nSPS) is 13.0. The quantitative estimate of drug-likeness (QED) is 0.766. The molecule has 0 aliphatic carbocycles. The molecule has 0 aliphatic heterocycles. The molecule has 2 rings (SSSR count). The third-order valence-corrected chi connectivity index (χ3v) is 4.20. The molecular formula is C15H22N2S. The van der Waals surface area contributed by atoms with Gasteiger partial charge in [0.25, 0.3) is 0 Å². The molecule has 1 unspecified atom stereocenters. The van der Waals surface area contributed by atoms with E-state index in [0.717, 1.165) is 30.9 Å². The van der Waals surface area contributed by atoms with Gasteiger partial charge in [-0.15, -0.1) is 11.3 Å². The lowest BCUT2D eigenvalue weighted by molar-refractivity contribution is 0.481. The zero-order valence-corrected chi connectivity index (χ0v) is 12.1. The molecule has 0 radical (unpaired) electrons. The van der Waals surface area contributed by atoms with E-state index in [2.05, 4.69) is 48.4 Å². The second kappa shape index (κ2) is 6.86. The van der Waals surface area contributed by atoms with Crippen LogP contribution in [0.2, 0.25) is 0 Å². The molecule has 2 nitrogen and oxygen atoms in total. The molecule has 1 aromatic carbocycles. The van der Waals surface area contributed by atoms with E-state index in [-0.39, 0.29) is 0 Å². The number of aryl methyl sites for hydroxylation is 1. The molecule has 0 saturated heterocycles. The number of nitrogens with one attached hydrogen (secondary N) is 1. The largest absolute Gasteiger partial charge is 0.316 e. The lowest BCUT2D eigenvalue weighted by Gasteiger charge is -2.10. The molecule has 3 heteroatoms. The lowest BCUT2D eigenvalue weighted by atomic mass is 10.1. The highest BCUT2D eigenvalue weighted by Gasteiger charge is 2.06. The number of rotatable bonds is 7. The fourth-order valence-electron chi connectivity index (χ4n) is 2.02. The van der Waals surface area contributed by atoms with Crippen LogP contribution in [-0.4, -0.2) is 18.1 Å². The van der Waals surface area contributed by atoms with Crippen LogP contribution in [0.1, 0.15) is 31.7 Å². The topological polar surface area (TPSA) is 24.9 Å². The zero-order chi connectivity index (χ0) is 12.8. The van der Waals surface area contributed by atoms with Gasteiger partial charge in [0.15, 0.2) is 0 Å². The molecule has 0 aliphatic rings. The van der Waals surface area contributed by atoms with Crippen LogP contribution in [-0.2, 0) is 6.42 Å². The minimum Gasteiger partial charge on any atom is -0.316 e. The Hall–Kier alpha value is -0.930. The summed E-state index contributed by atoms with van der Waals surface area (Å²) in [6.45, 7) is 6.78. The number of benzene rings is 1. The van der Waals surface area contributed by atoms with Crippen molar-refractivity contribution in [1.29, 1.82) is 0 Å². The van der Waals surface area contributed by atoms with E-state index in [4.69, 9.17) is 0 Å². The predicted octanol–water partition coefficient (Wildman–Crippen LogP) is 3.86. The van der Waals surface area contributed by atoms with E-state index in [9.17, 15) is 0 Å². The molecular weight excluding hydrogens is 240 g/mol. The summed E-state index contributed by atoms with van der Waals surface area (Å²) >= 11 is 1.84. The molecule has 18 heavy (non-hydrogen) atoms. The van der Waals surface area contributed by atoms with E-state index >= 15 is 0 Å². The second-order valence-electron chi connectivity index (χ2n) is 4.92. The fraction of sp³-hybridized carbons (Fsp3) is 0.533. The molecule has 0 fully saturated rings. The summed E-state index contributed by atoms with van der Waals surface area (Å²) in [5.74, 6) is 0.726. The third kappa shape index (κ3) is 3.79. The van der Waals surface area contributed by atoms with Gasteiger partial charge in [-0.05, 0) is 50.4 Å². The average molecular weight is 262 g/mol. The van der Waals surface area contributed by atoms with Crippen LogP contribution in [0.4, 0.5) is 0 Å². The van der Waals surface area contributed by atoms with E-state index in [1.165, 1.54) is 22.5 Å². The first-order valence-corrected chi connectivity index (χ1v) is 7.66. The van der Waals surface area contributed by atoms with E-state index in [1.54, 1.807) is 0 Å². The first-order chi connectivity index (χ1) is 8.79. The van der Waals surface area contributed by atoms with Gasteiger partial charge in [-0.25, -0.2) is 4.98 Å². The molecule has 1 heterocycles. The Morgan fingerprint density at radius 1 is 1.33 bits per heavy atom. The Balaban J connectivity index is 1.82. The van der Waals surface area contributed by atoms with Crippen molar-refractivity contribution in [2.75, 3.05) is 13.1 Å². The van der Waals surface area contributed by atoms with Gasteiger partial charge in [-0.2, -0.15) is 0 Å². The second-order valence-corrected chi connectivity index (χ2v) is 6.04. The van der Waals surface area contributed by atoms with Gasteiger partial charge in [-0.1, -0.05) is 26.0 Å². The first-order valence-electron chi connectivity index (χ1n) is 6.84. The average Bonchev–Trinajstić information content (AvgIpc) is 2.79. The maximum Gasteiger partial charge on any atom is 0.0938 e. The first kappa shape index (κ1) is 13.5. The van der Waals surface area contributed by atoms with Crippen molar-refractivity contribution >= 4 is 21.6 Å². The number of nitrogens with zero attached hydrogens (tertiary/aromatic N) is 1. The number of hydrogen-bond donors (Lipinski definition) is 1. The van der Waals surface area contributed by atoms with Gasteiger partial charge >= 0.3 is 0 Å². The summed E-state index contributed by atoms with van der Waals surface area (Å²) < 4.78 is 1.31. The van der Waals surface area contributed by atoms with E-state index < -0.39 is 0 Å². The van der Waals surface area contributed by atoms with Gasteiger partial charge in [-0.3, -0.25) is 0 Å². The maximum atomic E-state index is 4.68. The standard InChI is InChI=1S/C15H22N2S/c1-3-10-16-11-12(2)8-9-15-17-13-6-4-5-7-14(13)18-15/h4-7,12,16H,3,8-11H2,1-2H3. The van der Waals surface area contributed by atoms with Crippen LogP contribution in [0.3, 0.4) is 0 Å². The number of para-hydroxylation sites is 1. The fourth-order valence-corrected chi connectivity index (χ4v) is 3.01. The molecule has 1 aromatic heterocycles. The van der Waals surface area contributed by atoms with E-state index in [1.807, 2.05) is 11.3 Å². The summed E-state index contributed by atoms with van der Waals surface area (Å²) in [6, 6.07) is 8.40. The highest BCUT2D eigenvalue weighted by Crippen LogP contribution is 2.23. The molecule has 98 valence electrons. The van der Waals surface area contributed by atoms with Gasteiger partial charge in [0.2, 0.25) is 0 Å². The summed E-state index contributed by atoms with van der Waals surface area (Å²) in [6.07, 6.45) is 3.54. The van der Waals surface area contributed by atoms with Crippen LogP contribution < -0.4 is 5.32 Å². The molecule has 0 bridgehead atoms. The number of aromatic nitrogens is 1. The van der Waals surface area contributed by atoms with Crippen LogP contribution in [0.15, 0.2) is 24.3 Å². The Morgan fingerprint density at radius 3 is 2.94 bits per heavy atom. The van der Waals surface area contributed by atoms with Crippen molar-refractivity contribution in [3.63, 3.8) is 0 Å². The van der Waals surface area contributed by atoms with Crippen molar-refractivity contribution in [2.45, 2.75) is 33.1 Å². The van der Waals surface area contributed by atoms with Crippen molar-refractivity contribution < 1.29 is 0 Å². The van der Waals surface area contributed by atoms with Crippen molar-refractivity contribution in [3.05, 3.63) is 29.3 Å². The Morgan fingerprint density at radius 2 is 2.17 bits per heavy atom. The summed E-state index contributed by atoms with van der Waals surface area (Å²) in [5, 5.41) is 4.76. The van der Waals surface area contributed by atoms with Gasteiger partial charge in [0.05, 0.1) is 15.2 Å². The van der Waals surface area contributed by atoms with Crippen molar-refractivity contribution in [1.82, 2.24) is 10.3 Å². The van der Waals surface area contributed by atoms with Crippen LogP contribution in [0.5, 0.6) is 0 Å². The van der Waals surface area contributed by atoms with E-state index in [0.29, 0.717) is 0 Å². The van der Waals surface area contributed by atoms with Crippen molar-refractivity contribution in [3.8, 4) is 0 Å². The molecule has 0 amide bonds.